The van der Waals surface area contributed by atoms with E-state index in [-0.39, 0.29) is 0 Å². The third kappa shape index (κ3) is 0.207. The molecular weight excluding hydrogens is 74.1 g/mol. The van der Waals surface area contributed by atoms with Crippen LogP contribution >= 0.6 is 0 Å². The Morgan fingerprint density at radius 2 is 2.17 bits per heavy atom. The molecule has 0 radical (unpaired) electrons. The van der Waals surface area contributed by atoms with Crippen molar-refractivity contribution in [3.8, 4) is 0 Å². The summed E-state index contributed by atoms with van der Waals surface area (Å²) in [4.78, 5) is 2.50. The summed E-state index contributed by atoms with van der Waals surface area (Å²) in [5.74, 6) is 1.12. The summed E-state index contributed by atoms with van der Waals surface area (Å²) in [6.07, 6.45) is 1.49. The molecule has 1 nitrogen and oxygen atoms in total. The molecule has 0 spiro atoms. The molecule has 0 aliphatic carbocycles. The van der Waals surface area contributed by atoms with Crippen LogP contribution in [0.5, 0.6) is 0 Å². The topological polar surface area (TPSA) is 3.24 Å². The fourth-order valence-electron chi connectivity index (χ4n) is 1.41. The zero-order valence-electron chi connectivity index (χ0n) is 3.85. The van der Waals surface area contributed by atoms with Crippen molar-refractivity contribution in [2.75, 3.05) is 19.6 Å². The van der Waals surface area contributed by atoms with Crippen molar-refractivity contribution >= 4 is 0 Å². The lowest BCUT2D eigenvalue weighted by Crippen LogP contribution is -2.35. The molecule has 0 unspecified atom stereocenters. The molecule has 3 fully saturated rings. The largest absolute Gasteiger partial charge is 0.303 e. The Hall–Kier alpha value is -0.0400. The normalized spacial score (nSPS) is 52.0. The molecule has 0 aromatic rings. The third-order valence-corrected chi connectivity index (χ3v) is 1.89. The van der Waals surface area contributed by atoms with Crippen LogP contribution in [0.2, 0.25) is 0 Å². The minimum atomic E-state index is 1.12. The molecule has 0 saturated carbocycles. The average Bonchev–Trinajstić information content (AvgIpc) is 1.72. The third-order valence-electron chi connectivity index (χ3n) is 1.89. The molecule has 3 rings (SSSR count). The molecule has 3 saturated heterocycles. The van der Waals surface area contributed by atoms with Crippen LogP contribution in [0.1, 0.15) is 6.42 Å². The Bertz CT molecular complexity index is 50.8. The highest BCUT2D eigenvalue weighted by atomic mass is 15.2. The molecule has 2 bridgehead atoms. The Labute approximate surface area is 37.9 Å². The first-order valence-corrected chi connectivity index (χ1v) is 2.67. The number of fused-ring (bicyclic) bond motifs is 1. The van der Waals surface area contributed by atoms with Crippen LogP contribution in [0.3, 0.4) is 0 Å². The summed E-state index contributed by atoms with van der Waals surface area (Å²) in [6.45, 7) is 4.23. The first-order valence-electron chi connectivity index (χ1n) is 2.67. The van der Waals surface area contributed by atoms with E-state index in [0.717, 1.165) is 5.92 Å². The van der Waals surface area contributed by atoms with E-state index >= 15 is 0 Å². The van der Waals surface area contributed by atoms with Crippen LogP contribution in [0.15, 0.2) is 0 Å². The second-order valence-corrected chi connectivity index (χ2v) is 2.41. The molecule has 0 N–H and O–H groups in total. The smallest absolute Gasteiger partial charge is 0.00225 e. The lowest BCUT2D eigenvalue weighted by molar-refractivity contribution is 0.211. The van der Waals surface area contributed by atoms with Crippen molar-refractivity contribution in [3.63, 3.8) is 0 Å². The fraction of sp³-hybridized carbons (Fsp3) is 1.00. The molecule has 1 heteroatoms. The second kappa shape index (κ2) is 0.784. The molecule has 3 aliphatic rings. The Morgan fingerprint density at radius 3 is 2.33 bits per heavy atom. The van der Waals surface area contributed by atoms with Crippen molar-refractivity contribution in [2.45, 2.75) is 6.42 Å². The maximum atomic E-state index is 2.50. The molecule has 34 valence electrons. The summed E-state index contributed by atoms with van der Waals surface area (Å²) < 4.78 is 0. The lowest BCUT2D eigenvalue weighted by atomic mass is 10.1. The van der Waals surface area contributed by atoms with E-state index in [1.165, 1.54) is 26.1 Å². The van der Waals surface area contributed by atoms with Gasteiger partial charge in [0.1, 0.15) is 0 Å². The Morgan fingerprint density at radius 1 is 1.33 bits per heavy atom. The van der Waals surface area contributed by atoms with Crippen LogP contribution in [0, 0.1) is 5.92 Å². The molecule has 0 aromatic heterocycles. The van der Waals surface area contributed by atoms with Gasteiger partial charge in [0.05, 0.1) is 0 Å². The number of hydrogen-bond acceptors (Lipinski definition) is 1. The van der Waals surface area contributed by atoms with Crippen molar-refractivity contribution < 1.29 is 0 Å². The number of hydrogen-bond donors (Lipinski definition) is 0. The molecule has 3 aliphatic heterocycles. The quantitative estimate of drug-likeness (QED) is 0.407. The van der Waals surface area contributed by atoms with E-state index < -0.39 is 0 Å². The first-order chi connectivity index (χ1) is 2.95. The van der Waals surface area contributed by atoms with Gasteiger partial charge in [0, 0.05) is 13.1 Å². The Balaban J connectivity index is 2.16. The van der Waals surface area contributed by atoms with Crippen molar-refractivity contribution in [1.29, 1.82) is 0 Å². The van der Waals surface area contributed by atoms with Gasteiger partial charge >= 0.3 is 0 Å². The second-order valence-electron chi connectivity index (χ2n) is 2.41. The van der Waals surface area contributed by atoms with Gasteiger partial charge in [-0.15, -0.1) is 0 Å². The molecule has 0 aromatic carbocycles. The zero-order chi connectivity index (χ0) is 3.98. The molecule has 6 heavy (non-hydrogen) atoms. The number of nitrogens with zero attached hydrogens (tertiary/aromatic N) is 1. The van der Waals surface area contributed by atoms with Gasteiger partial charge in [-0.25, -0.2) is 0 Å². The number of rotatable bonds is 0. The van der Waals surface area contributed by atoms with E-state index in [1.54, 1.807) is 0 Å². The minimum absolute atomic E-state index is 1.12. The van der Waals surface area contributed by atoms with Crippen LogP contribution in [-0.4, -0.2) is 24.5 Å². The van der Waals surface area contributed by atoms with Gasteiger partial charge in [0.15, 0.2) is 0 Å². The van der Waals surface area contributed by atoms with Gasteiger partial charge < -0.3 is 4.90 Å². The molecule has 0 atom stereocenters. The van der Waals surface area contributed by atoms with E-state index in [9.17, 15) is 0 Å². The first kappa shape index (κ1) is 3.03. The Kier molecular flexibility index (Phi) is 0.396. The predicted molar refractivity (Wildman–Crippen MR) is 24.5 cm³/mol. The van der Waals surface area contributed by atoms with Gasteiger partial charge in [0.2, 0.25) is 0 Å². The van der Waals surface area contributed by atoms with Gasteiger partial charge in [0.25, 0.3) is 0 Å². The van der Waals surface area contributed by atoms with E-state index in [4.69, 9.17) is 0 Å². The highest BCUT2D eigenvalue weighted by molar-refractivity contribution is 4.87. The van der Waals surface area contributed by atoms with Crippen molar-refractivity contribution in [2.24, 2.45) is 5.92 Å². The van der Waals surface area contributed by atoms with Crippen molar-refractivity contribution in [1.82, 2.24) is 4.90 Å². The van der Waals surface area contributed by atoms with Crippen LogP contribution < -0.4 is 0 Å². The summed E-state index contributed by atoms with van der Waals surface area (Å²) in [7, 11) is 0. The predicted octanol–water partition coefficient (Wildman–Crippen LogP) is 0.322. The molecule has 0 amide bonds. The SMILES string of the molecule is C1CN2CC1C2. The maximum absolute atomic E-state index is 2.50. The van der Waals surface area contributed by atoms with Crippen molar-refractivity contribution in [3.05, 3.63) is 0 Å². The highest BCUT2D eigenvalue weighted by Crippen LogP contribution is 2.26. The summed E-state index contributed by atoms with van der Waals surface area (Å²) >= 11 is 0. The summed E-state index contributed by atoms with van der Waals surface area (Å²) in [5.41, 5.74) is 0. The standard InChI is InChI=1S/C5H9N/c1-2-6-3-5(1)4-6/h5H,1-4H2. The monoisotopic (exact) mass is 83.1 g/mol. The minimum Gasteiger partial charge on any atom is -0.303 e. The fourth-order valence-corrected chi connectivity index (χ4v) is 1.41. The summed E-state index contributed by atoms with van der Waals surface area (Å²) in [6, 6.07) is 0. The molecule has 3 heterocycles. The van der Waals surface area contributed by atoms with Crippen LogP contribution in [-0.2, 0) is 0 Å². The van der Waals surface area contributed by atoms with Gasteiger partial charge in [-0.1, -0.05) is 0 Å². The van der Waals surface area contributed by atoms with Gasteiger partial charge in [-0.3, -0.25) is 0 Å². The summed E-state index contributed by atoms with van der Waals surface area (Å²) in [5, 5.41) is 0. The van der Waals surface area contributed by atoms with Crippen LogP contribution in [0.25, 0.3) is 0 Å². The molecular formula is C5H9N. The van der Waals surface area contributed by atoms with Gasteiger partial charge in [-0.05, 0) is 18.9 Å². The zero-order valence-corrected chi connectivity index (χ0v) is 3.85. The van der Waals surface area contributed by atoms with E-state index in [1.807, 2.05) is 0 Å². The maximum Gasteiger partial charge on any atom is 0.00225 e. The lowest BCUT2D eigenvalue weighted by Gasteiger charge is -2.25. The highest BCUT2D eigenvalue weighted by Gasteiger charge is 2.32. The van der Waals surface area contributed by atoms with E-state index in [0.29, 0.717) is 0 Å². The van der Waals surface area contributed by atoms with Gasteiger partial charge in [-0.2, -0.15) is 0 Å². The van der Waals surface area contributed by atoms with Crippen LogP contribution in [0.4, 0.5) is 0 Å². The van der Waals surface area contributed by atoms with E-state index in [2.05, 4.69) is 4.90 Å². The average molecular weight is 83.1 g/mol.